The van der Waals surface area contributed by atoms with Crippen molar-refractivity contribution in [3.63, 3.8) is 0 Å². The monoisotopic (exact) mass is 517 g/mol. The first-order valence-electron chi connectivity index (χ1n) is 11.2. The molecule has 3 rings (SSSR count). The summed E-state index contributed by atoms with van der Waals surface area (Å²) in [5.74, 6) is -2.42. The maximum atomic E-state index is 12.9. The van der Waals surface area contributed by atoms with Crippen LogP contribution in [0.2, 0.25) is 5.02 Å². The average molecular weight is 518 g/mol. The third-order valence-corrected chi connectivity index (χ3v) is 6.45. The molecule has 35 heavy (non-hydrogen) atoms. The predicted molar refractivity (Wildman–Crippen MR) is 137 cm³/mol. The Morgan fingerprint density at radius 3 is 2.23 bits per heavy atom. The van der Waals surface area contributed by atoms with E-state index in [4.69, 9.17) is 11.6 Å². The Morgan fingerprint density at radius 1 is 1.00 bits per heavy atom. The first kappa shape index (κ1) is 26.7. The van der Waals surface area contributed by atoms with Crippen LogP contribution in [0.3, 0.4) is 0 Å². The van der Waals surface area contributed by atoms with Crippen molar-refractivity contribution in [2.75, 3.05) is 45.2 Å². The van der Waals surface area contributed by atoms with Crippen LogP contribution in [0.5, 0.6) is 0 Å². The molecule has 1 fully saturated rings. The van der Waals surface area contributed by atoms with Gasteiger partial charge in [0.25, 0.3) is 5.91 Å². The molecular weight excluding hydrogens is 490 g/mol. The Hall–Kier alpha value is -2.88. The topological polar surface area (TPSA) is 96.0 Å². The molecule has 8 nitrogen and oxygen atoms in total. The highest BCUT2D eigenvalue weighted by Gasteiger charge is 2.24. The molecule has 2 amide bonds. The molecule has 0 aromatic heterocycles. The molecule has 0 radical (unpaired) electrons. The number of ketones is 1. The molecule has 0 saturated carbocycles. The van der Waals surface area contributed by atoms with Crippen LogP contribution in [0.15, 0.2) is 48.5 Å². The van der Waals surface area contributed by atoms with Crippen LogP contribution in [-0.4, -0.2) is 78.5 Å². The van der Waals surface area contributed by atoms with Crippen LogP contribution in [-0.2, 0) is 25.5 Å². The molecule has 1 atom stereocenters. The van der Waals surface area contributed by atoms with Gasteiger partial charge < -0.3 is 15.0 Å². The minimum absolute atomic E-state index is 0.0593. The first-order valence-corrected chi connectivity index (χ1v) is 12.1. The number of piperazine rings is 1. The molecule has 1 N–H and O–H groups in total. The number of nitrogens with one attached hydrogen (secondary N) is 1. The van der Waals surface area contributed by atoms with Crippen LogP contribution in [0, 0.1) is 0 Å². The Balaban J connectivity index is 1.45. The summed E-state index contributed by atoms with van der Waals surface area (Å²) in [5, 5.41) is 2.36. The van der Waals surface area contributed by atoms with Crippen molar-refractivity contribution < 1.29 is 23.9 Å². The van der Waals surface area contributed by atoms with E-state index in [0.29, 0.717) is 24.3 Å². The van der Waals surface area contributed by atoms with E-state index >= 15 is 0 Å². The number of hydrogen-bond acceptors (Lipinski definition) is 7. The summed E-state index contributed by atoms with van der Waals surface area (Å²) < 4.78 is 4.34. The molecule has 1 aliphatic rings. The number of rotatable bonds is 9. The van der Waals surface area contributed by atoms with Crippen molar-refractivity contribution in [3.8, 4) is 0 Å². The second-order valence-electron chi connectivity index (χ2n) is 8.21. The highest BCUT2D eigenvalue weighted by Crippen LogP contribution is 2.16. The minimum Gasteiger partial charge on any atom is -0.463 e. The van der Waals surface area contributed by atoms with Gasteiger partial charge in [-0.1, -0.05) is 23.7 Å². The lowest BCUT2D eigenvalue weighted by Crippen LogP contribution is -2.49. The number of thiol groups is 1. The third-order valence-electron chi connectivity index (χ3n) is 5.78. The molecule has 2 aromatic rings. The maximum absolute atomic E-state index is 12.9. The number of esters is 1. The summed E-state index contributed by atoms with van der Waals surface area (Å²) in [6.45, 7) is 3.83. The second-order valence-corrected chi connectivity index (χ2v) is 9.27. The van der Waals surface area contributed by atoms with Crippen LogP contribution in [0.4, 0.5) is 5.69 Å². The summed E-state index contributed by atoms with van der Waals surface area (Å²) in [6, 6.07) is 14.4. The summed E-state index contributed by atoms with van der Waals surface area (Å²) in [6.07, 6.45) is 0.562. The molecule has 1 unspecified atom stereocenters. The van der Waals surface area contributed by atoms with E-state index in [0.717, 1.165) is 38.2 Å². The lowest BCUT2D eigenvalue weighted by Gasteiger charge is -2.34. The lowest BCUT2D eigenvalue weighted by atomic mass is 10.1. The highest BCUT2D eigenvalue weighted by molar-refractivity contribution is 7.81. The van der Waals surface area contributed by atoms with Crippen molar-refractivity contribution >= 4 is 53.5 Å². The molecule has 186 valence electrons. The Labute approximate surface area is 215 Å². The van der Waals surface area contributed by atoms with E-state index in [1.54, 1.807) is 24.3 Å². The fourth-order valence-electron chi connectivity index (χ4n) is 3.68. The van der Waals surface area contributed by atoms with Crippen molar-refractivity contribution in [3.05, 3.63) is 64.7 Å². The van der Waals surface area contributed by atoms with Crippen molar-refractivity contribution in [1.82, 2.24) is 9.80 Å². The smallest absolute Gasteiger partial charge is 0.374 e. The summed E-state index contributed by atoms with van der Waals surface area (Å²) in [7, 11) is 1.10. The number of carbonyl (C=O) groups is 4. The zero-order chi connectivity index (χ0) is 25.4. The number of carbonyl (C=O) groups excluding carboxylic acids is 4. The fraction of sp³-hybridized carbons (Fsp3) is 0.360. The molecule has 0 bridgehead atoms. The predicted octanol–water partition coefficient (Wildman–Crippen LogP) is 2.71. The van der Waals surface area contributed by atoms with Gasteiger partial charge >= 0.3 is 5.97 Å². The van der Waals surface area contributed by atoms with E-state index in [1.165, 1.54) is 5.56 Å². The first-order chi connectivity index (χ1) is 16.8. The summed E-state index contributed by atoms with van der Waals surface area (Å²) >= 11 is 10.0. The number of methoxy groups -OCH3 is 1. The van der Waals surface area contributed by atoms with Crippen molar-refractivity contribution in [1.29, 1.82) is 0 Å². The van der Waals surface area contributed by atoms with Crippen LogP contribution in [0.1, 0.15) is 22.3 Å². The van der Waals surface area contributed by atoms with Crippen molar-refractivity contribution in [2.45, 2.75) is 18.1 Å². The fourth-order valence-corrected chi connectivity index (χ4v) is 4.04. The maximum Gasteiger partial charge on any atom is 0.374 e. The SMILES string of the molecule is COC(=O)C(=O)CC(S)C(=O)Nc1ccc(C(=O)N2CCN(CCc3ccc(Cl)cc3)CC2)cc1. The number of halogens is 1. The molecular formula is C25H28ClN3O5S. The van der Waals surface area contributed by atoms with Gasteiger partial charge in [0.2, 0.25) is 11.7 Å². The minimum atomic E-state index is -1.01. The molecule has 1 heterocycles. The molecule has 1 aliphatic heterocycles. The number of nitrogens with zero attached hydrogens (tertiary/aromatic N) is 2. The zero-order valence-electron chi connectivity index (χ0n) is 19.4. The Bertz CT molecular complexity index is 1050. The summed E-state index contributed by atoms with van der Waals surface area (Å²) in [4.78, 5) is 52.1. The molecule has 0 spiro atoms. The summed E-state index contributed by atoms with van der Waals surface area (Å²) in [5.41, 5.74) is 2.23. The van der Waals surface area contributed by atoms with Gasteiger partial charge in [0, 0.05) is 55.4 Å². The van der Waals surface area contributed by atoms with Gasteiger partial charge in [-0.15, -0.1) is 0 Å². The van der Waals surface area contributed by atoms with E-state index in [9.17, 15) is 19.2 Å². The molecule has 0 aliphatic carbocycles. The number of benzene rings is 2. The molecule has 1 saturated heterocycles. The average Bonchev–Trinajstić information content (AvgIpc) is 2.88. The van der Waals surface area contributed by atoms with Crippen molar-refractivity contribution in [2.24, 2.45) is 0 Å². The second kappa shape index (κ2) is 12.7. The van der Waals surface area contributed by atoms with E-state index in [2.05, 4.69) is 27.6 Å². The largest absolute Gasteiger partial charge is 0.463 e. The number of anilines is 1. The van der Waals surface area contributed by atoms with E-state index < -0.39 is 22.9 Å². The zero-order valence-corrected chi connectivity index (χ0v) is 21.1. The van der Waals surface area contributed by atoms with Crippen LogP contribution >= 0.6 is 24.2 Å². The standard InChI is InChI=1S/C25H28ClN3O5S/c1-34-25(33)21(30)16-22(35)23(31)27-20-8-4-18(5-9-20)24(32)29-14-12-28(13-15-29)11-10-17-2-6-19(26)7-3-17/h2-9,22,35H,10-16H2,1H3,(H,27,31). The number of ether oxygens (including phenoxy) is 1. The van der Waals surface area contributed by atoms with Gasteiger partial charge in [-0.25, -0.2) is 4.79 Å². The Kier molecular flexibility index (Phi) is 9.71. The number of Topliss-reactive ketones (excluding diaryl/α,β-unsaturated/α-hetero) is 1. The van der Waals surface area contributed by atoms with Gasteiger partial charge in [0.15, 0.2) is 0 Å². The van der Waals surface area contributed by atoms with Crippen LogP contribution < -0.4 is 5.32 Å². The van der Waals surface area contributed by atoms with Gasteiger partial charge in [-0.05, 0) is 48.4 Å². The highest BCUT2D eigenvalue weighted by atomic mass is 35.5. The third kappa shape index (κ3) is 7.81. The van der Waals surface area contributed by atoms with E-state index in [-0.39, 0.29) is 12.3 Å². The number of hydrogen-bond donors (Lipinski definition) is 2. The van der Waals surface area contributed by atoms with Gasteiger partial charge in [0.05, 0.1) is 12.4 Å². The van der Waals surface area contributed by atoms with Gasteiger partial charge in [-0.2, -0.15) is 12.6 Å². The van der Waals surface area contributed by atoms with E-state index in [1.807, 2.05) is 29.2 Å². The van der Waals surface area contributed by atoms with Gasteiger partial charge in [0.1, 0.15) is 0 Å². The Morgan fingerprint density at radius 2 is 1.63 bits per heavy atom. The quantitative estimate of drug-likeness (QED) is 0.302. The van der Waals surface area contributed by atoms with Crippen LogP contribution in [0.25, 0.3) is 0 Å². The molecule has 10 heteroatoms. The normalized spacial score (nSPS) is 14.8. The molecule has 2 aromatic carbocycles. The van der Waals surface area contributed by atoms with Gasteiger partial charge in [-0.3, -0.25) is 19.3 Å². The number of amides is 2. The lowest BCUT2D eigenvalue weighted by molar-refractivity contribution is -0.151.